The minimum absolute atomic E-state index is 0.0556. The minimum Gasteiger partial charge on any atom is -0.303 e. The Morgan fingerprint density at radius 1 is 1.32 bits per heavy atom. The highest BCUT2D eigenvalue weighted by Gasteiger charge is 2.63. The maximum atomic E-state index is 15.1. The van der Waals surface area contributed by atoms with Crippen LogP contribution in [-0.4, -0.2) is 31.9 Å². The summed E-state index contributed by atoms with van der Waals surface area (Å²) in [6.07, 6.45) is 1.92. The van der Waals surface area contributed by atoms with Gasteiger partial charge in [0.15, 0.2) is 12.0 Å². The van der Waals surface area contributed by atoms with Gasteiger partial charge in [-0.1, -0.05) is 26.0 Å². The minimum atomic E-state index is -1.73. The molecule has 0 saturated heterocycles. The highest BCUT2D eigenvalue weighted by atomic mass is 19.1. The summed E-state index contributed by atoms with van der Waals surface area (Å²) in [5.74, 6) is -1.06. The molecule has 2 radical (unpaired) electrons. The van der Waals surface area contributed by atoms with Crippen LogP contribution >= 0.6 is 0 Å². The lowest BCUT2D eigenvalue weighted by Crippen LogP contribution is -2.60. The van der Waals surface area contributed by atoms with E-state index in [-0.39, 0.29) is 23.5 Å². The predicted molar refractivity (Wildman–Crippen MR) is 94.0 cm³/mol. The Kier molecular flexibility index (Phi) is 4.58. The Bertz CT molecular complexity index is 628. The predicted octanol–water partition coefficient (Wildman–Crippen LogP) is 3.42. The number of carbonyl (C=O) groups is 3. The summed E-state index contributed by atoms with van der Waals surface area (Å²) < 4.78 is 15.1. The van der Waals surface area contributed by atoms with Crippen molar-refractivity contribution in [2.45, 2.75) is 63.9 Å². The van der Waals surface area contributed by atoms with E-state index in [0.29, 0.717) is 38.5 Å². The van der Waals surface area contributed by atoms with E-state index in [1.807, 2.05) is 6.92 Å². The van der Waals surface area contributed by atoms with Gasteiger partial charge in [0.2, 0.25) is 0 Å². The van der Waals surface area contributed by atoms with Crippen molar-refractivity contribution in [1.82, 2.24) is 0 Å². The molecule has 0 aromatic carbocycles. The fourth-order valence-corrected chi connectivity index (χ4v) is 5.98. The van der Waals surface area contributed by atoms with Gasteiger partial charge in [0, 0.05) is 25.2 Å². The van der Waals surface area contributed by atoms with Crippen molar-refractivity contribution >= 4 is 25.7 Å². The quantitative estimate of drug-likeness (QED) is 0.448. The van der Waals surface area contributed by atoms with E-state index in [1.165, 1.54) is 0 Å². The molecule has 0 aliphatic heterocycles. The fourth-order valence-electron chi connectivity index (χ4n) is 5.98. The molecule has 7 atom stereocenters. The second-order valence-corrected chi connectivity index (χ2v) is 8.79. The molecule has 0 amide bonds. The number of Topliss-reactive ketones (excluding diaryl/α,β-unsaturated/α-hetero) is 2. The van der Waals surface area contributed by atoms with Gasteiger partial charge in [-0.3, -0.25) is 9.59 Å². The first kappa shape index (κ1) is 18.5. The van der Waals surface area contributed by atoms with E-state index in [0.717, 1.165) is 11.9 Å². The Hall–Kier alpha value is -1.26. The van der Waals surface area contributed by atoms with E-state index in [2.05, 4.69) is 6.58 Å². The Balaban J connectivity index is 2.05. The number of hydrogen-bond donors (Lipinski definition) is 0. The number of halogens is 1. The van der Waals surface area contributed by atoms with Gasteiger partial charge in [-0.05, 0) is 47.7 Å². The van der Waals surface area contributed by atoms with Crippen molar-refractivity contribution < 1.29 is 18.8 Å². The lowest BCUT2D eigenvalue weighted by molar-refractivity contribution is -0.156. The fraction of sp³-hybridized carbons (Fsp3) is 0.750. The molecule has 0 bridgehead atoms. The van der Waals surface area contributed by atoms with Gasteiger partial charge in [0.05, 0.1) is 7.85 Å². The molecule has 3 saturated carbocycles. The lowest BCUT2D eigenvalue weighted by Gasteiger charge is -2.60. The second-order valence-electron chi connectivity index (χ2n) is 8.79. The number of ketones is 2. The average Bonchev–Trinajstić information content (AvgIpc) is 2.54. The number of rotatable bonds is 3. The highest BCUT2D eigenvalue weighted by Crippen LogP contribution is 2.64. The Labute approximate surface area is 150 Å². The van der Waals surface area contributed by atoms with Crippen LogP contribution < -0.4 is 0 Å². The molecule has 134 valence electrons. The summed E-state index contributed by atoms with van der Waals surface area (Å²) in [4.78, 5) is 35.9. The summed E-state index contributed by atoms with van der Waals surface area (Å²) in [7, 11) is 6.29. The lowest BCUT2D eigenvalue weighted by atomic mass is 9.40. The van der Waals surface area contributed by atoms with Gasteiger partial charge in [-0.25, -0.2) is 4.39 Å². The van der Waals surface area contributed by atoms with Crippen LogP contribution in [0.5, 0.6) is 0 Å². The molecule has 3 aliphatic carbocycles. The maximum Gasteiger partial charge on any atom is 0.170 e. The first-order chi connectivity index (χ1) is 11.6. The normalized spacial score (nSPS) is 47.2. The van der Waals surface area contributed by atoms with E-state index in [4.69, 9.17) is 7.85 Å². The van der Waals surface area contributed by atoms with Gasteiger partial charge in [-0.2, -0.15) is 0 Å². The number of aldehydes is 1. The molecule has 5 heteroatoms. The Morgan fingerprint density at radius 3 is 2.64 bits per heavy atom. The largest absolute Gasteiger partial charge is 0.303 e. The topological polar surface area (TPSA) is 51.2 Å². The van der Waals surface area contributed by atoms with Gasteiger partial charge in [0.25, 0.3) is 0 Å². The first-order valence-corrected chi connectivity index (χ1v) is 9.24. The molecule has 3 fully saturated rings. The molecule has 7 unspecified atom stereocenters. The van der Waals surface area contributed by atoms with E-state index in [9.17, 15) is 14.4 Å². The molecule has 25 heavy (non-hydrogen) atoms. The molecular formula is C20H26BFO3. The highest BCUT2D eigenvalue weighted by molar-refractivity contribution is 6.18. The van der Waals surface area contributed by atoms with Crippen LogP contribution in [0.2, 0.25) is 5.31 Å². The first-order valence-electron chi connectivity index (χ1n) is 9.24. The molecular weight excluding hydrogens is 318 g/mol. The molecule has 0 aromatic rings. The summed E-state index contributed by atoms with van der Waals surface area (Å²) in [6, 6.07) is 0. The summed E-state index contributed by atoms with van der Waals surface area (Å²) in [5.41, 5.74) is 0.541. The van der Waals surface area contributed by atoms with Gasteiger partial charge >= 0.3 is 0 Å². The molecule has 3 nitrogen and oxygen atoms in total. The van der Waals surface area contributed by atoms with Crippen molar-refractivity contribution in [2.75, 3.05) is 0 Å². The van der Waals surface area contributed by atoms with Crippen LogP contribution in [0.25, 0.3) is 0 Å². The average molecular weight is 344 g/mol. The van der Waals surface area contributed by atoms with Crippen LogP contribution in [-0.2, 0) is 14.4 Å². The standard InChI is InChI=1S/C20H26BFO3/c1-11-9-13-14(5-4-8-23)20(3,21)18(22)17(25)16(13)19(2)7-6-12(24)10-15(11)19/h8,13-16,18H,1,4-7,9-10H2,2-3H3. The molecule has 0 aromatic heterocycles. The van der Waals surface area contributed by atoms with E-state index in [1.54, 1.807) is 6.92 Å². The van der Waals surface area contributed by atoms with Crippen molar-refractivity contribution in [3.05, 3.63) is 12.2 Å². The third-order valence-electron chi connectivity index (χ3n) is 7.31. The zero-order valence-electron chi connectivity index (χ0n) is 15.1. The van der Waals surface area contributed by atoms with E-state index >= 15 is 4.39 Å². The number of fused-ring (bicyclic) bond motifs is 3. The molecule has 3 aliphatic rings. The monoisotopic (exact) mass is 344 g/mol. The summed E-state index contributed by atoms with van der Waals surface area (Å²) >= 11 is 0. The molecule has 3 rings (SSSR count). The van der Waals surface area contributed by atoms with Gasteiger partial charge in [-0.15, -0.1) is 0 Å². The maximum absolute atomic E-state index is 15.1. The van der Waals surface area contributed by atoms with Crippen molar-refractivity contribution in [1.29, 1.82) is 0 Å². The van der Waals surface area contributed by atoms with Crippen LogP contribution in [0.15, 0.2) is 12.2 Å². The van der Waals surface area contributed by atoms with Crippen LogP contribution in [0.4, 0.5) is 4.39 Å². The number of allylic oxidation sites excluding steroid dienone is 1. The van der Waals surface area contributed by atoms with Crippen molar-refractivity contribution in [3.63, 3.8) is 0 Å². The molecule has 0 heterocycles. The zero-order chi connectivity index (χ0) is 18.6. The van der Waals surface area contributed by atoms with Gasteiger partial charge in [0.1, 0.15) is 12.1 Å². The van der Waals surface area contributed by atoms with E-state index < -0.39 is 28.6 Å². The van der Waals surface area contributed by atoms with Gasteiger partial charge < -0.3 is 4.79 Å². The Morgan fingerprint density at radius 2 is 2.00 bits per heavy atom. The van der Waals surface area contributed by atoms with Crippen LogP contribution in [0, 0.1) is 29.1 Å². The number of alkyl halides is 1. The van der Waals surface area contributed by atoms with Crippen molar-refractivity contribution in [2.24, 2.45) is 29.1 Å². The third kappa shape index (κ3) is 2.65. The second kappa shape index (κ2) is 6.17. The van der Waals surface area contributed by atoms with Crippen LogP contribution in [0.3, 0.4) is 0 Å². The van der Waals surface area contributed by atoms with Crippen LogP contribution in [0.1, 0.15) is 52.4 Å². The summed E-state index contributed by atoms with van der Waals surface area (Å²) in [6.45, 7) is 7.83. The smallest absolute Gasteiger partial charge is 0.170 e. The SMILES string of the molecule is [B]C1(C)C(F)C(=O)C2C(CC(=C)C3CC(=O)CCC32C)C1CCC=O. The summed E-state index contributed by atoms with van der Waals surface area (Å²) in [5, 5.41) is -1.27. The third-order valence-corrected chi connectivity index (χ3v) is 7.31. The number of carbonyl (C=O) groups excluding carboxylic acids is 3. The number of hydrogen-bond acceptors (Lipinski definition) is 3. The molecule has 0 spiro atoms. The molecule has 0 N–H and O–H groups in total. The van der Waals surface area contributed by atoms with Crippen molar-refractivity contribution in [3.8, 4) is 0 Å². The zero-order valence-corrected chi connectivity index (χ0v) is 15.1.